The summed E-state index contributed by atoms with van der Waals surface area (Å²) in [6.07, 6.45) is 0.991. The van der Waals surface area contributed by atoms with E-state index in [0.29, 0.717) is 18.6 Å². The van der Waals surface area contributed by atoms with Crippen LogP contribution in [0.4, 0.5) is 0 Å². The van der Waals surface area contributed by atoms with E-state index in [2.05, 4.69) is 66.0 Å². The Morgan fingerprint density at radius 3 is 1.51 bits per heavy atom. The molecule has 4 heteroatoms. The Morgan fingerprint density at radius 1 is 0.686 bits per heavy atom. The third-order valence-corrected chi connectivity index (χ3v) is 6.19. The van der Waals surface area contributed by atoms with Gasteiger partial charge in [-0.25, -0.2) is 0 Å². The summed E-state index contributed by atoms with van der Waals surface area (Å²) in [7, 11) is 0. The highest BCUT2D eigenvalue weighted by Crippen LogP contribution is 2.21. The third kappa shape index (κ3) is 6.52. The predicted octanol–water partition coefficient (Wildman–Crippen LogP) is 5.66. The maximum atomic E-state index is 12.8. The molecule has 4 aromatic rings. The van der Waals surface area contributed by atoms with Gasteiger partial charge in [0.05, 0.1) is 12.1 Å². The SMILES string of the molecule is CC(=N)C(Cc1ccc(-c2ccccc2)cc1)NC(=O)C(N)Cc1ccc(-c2ccccc2)cc1. The Balaban J connectivity index is 1.35. The van der Waals surface area contributed by atoms with Crippen LogP contribution in [0.5, 0.6) is 0 Å². The smallest absolute Gasteiger partial charge is 0.237 e. The number of hydrogen-bond donors (Lipinski definition) is 3. The highest BCUT2D eigenvalue weighted by atomic mass is 16.2. The molecule has 0 aliphatic heterocycles. The van der Waals surface area contributed by atoms with Crippen molar-refractivity contribution in [3.8, 4) is 22.3 Å². The molecule has 0 bridgehead atoms. The Morgan fingerprint density at radius 2 is 1.09 bits per heavy atom. The molecule has 0 saturated carbocycles. The van der Waals surface area contributed by atoms with Gasteiger partial charge in [-0.3, -0.25) is 4.79 Å². The molecule has 0 radical (unpaired) electrons. The number of carbonyl (C=O) groups is 1. The van der Waals surface area contributed by atoms with E-state index >= 15 is 0 Å². The van der Waals surface area contributed by atoms with Crippen LogP contribution in [0, 0.1) is 5.41 Å². The fourth-order valence-electron chi connectivity index (χ4n) is 4.10. The highest BCUT2D eigenvalue weighted by molar-refractivity contribution is 5.91. The lowest BCUT2D eigenvalue weighted by Gasteiger charge is -2.21. The van der Waals surface area contributed by atoms with Gasteiger partial charge in [-0.05, 0) is 53.1 Å². The lowest BCUT2D eigenvalue weighted by atomic mass is 9.98. The summed E-state index contributed by atoms with van der Waals surface area (Å²) >= 11 is 0. The van der Waals surface area contributed by atoms with Gasteiger partial charge < -0.3 is 16.5 Å². The van der Waals surface area contributed by atoms with Gasteiger partial charge in [0.15, 0.2) is 0 Å². The monoisotopic (exact) mass is 461 g/mol. The maximum absolute atomic E-state index is 12.8. The molecule has 0 saturated heterocycles. The number of benzene rings is 4. The summed E-state index contributed by atoms with van der Waals surface area (Å²) in [5.74, 6) is -0.241. The summed E-state index contributed by atoms with van der Waals surface area (Å²) in [5.41, 5.74) is 13.3. The number of rotatable bonds is 9. The first-order valence-corrected chi connectivity index (χ1v) is 11.9. The van der Waals surface area contributed by atoms with Crippen LogP contribution >= 0.6 is 0 Å². The average molecular weight is 462 g/mol. The summed E-state index contributed by atoms with van der Waals surface area (Å²) in [6, 6.07) is 35.7. The first kappa shape index (κ1) is 24.1. The second-order valence-electron chi connectivity index (χ2n) is 8.88. The minimum Gasteiger partial charge on any atom is -0.346 e. The molecule has 0 aliphatic rings. The molecule has 0 aromatic heterocycles. The van der Waals surface area contributed by atoms with Crippen LogP contribution in [-0.2, 0) is 17.6 Å². The second-order valence-corrected chi connectivity index (χ2v) is 8.88. The van der Waals surface area contributed by atoms with Crippen LogP contribution in [0.3, 0.4) is 0 Å². The van der Waals surface area contributed by atoms with Gasteiger partial charge in [0.2, 0.25) is 5.91 Å². The molecule has 4 aromatic carbocycles. The van der Waals surface area contributed by atoms with Crippen LogP contribution in [-0.4, -0.2) is 23.7 Å². The van der Waals surface area contributed by atoms with Crippen molar-refractivity contribution in [2.24, 2.45) is 5.73 Å². The van der Waals surface area contributed by atoms with Gasteiger partial charge in [0.25, 0.3) is 0 Å². The molecule has 0 fully saturated rings. The Kier molecular flexibility index (Phi) is 7.86. The first-order chi connectivity index (χ1) is 17.0. The molecule has 0 aliphatic carbocycles. The zero-order valence-electron chi connectivity index (χ0n) is 19.9. The molecular formula is C31H31N3O. The molecule has 4 nitrogen and oxygen atoms in total. The average Bonchev–Trinajstić information content (AvgIpc) is 2.90. The van der Waals surface area contributed by atoms with Gasteiger partial charge in [-0.2, -0.15) is 0 Å². The minimum atomic E-state index is -0.681. The van der Waals surface area contributed by atoms with Gasteiger partial charge >= 0.3 is 0 Å². The van der Waals surface area contributed by atoms with Crippen molar-refractivity contribution in [2.75, 3.05) is 0 Å². The zero-order valence-corrected chi connectivity index (χ0v) is 19.9. The fourth-order valence-corrected chi connectivity index (χ4v) is 4.10. The molecule has 2 unspecified atom stereocenters. The minimum absolute atomic E-state index is 0.241. The van der Waals surface area contributed by atoms with Crippen molar-refractivity contribution in [1.82, 2.24) is 5.32 Å². The van der Waals surface area contributed by atoms with E-state index in [4.69, 9.17) is 11.1 Å². The van der Waals surface area contributed by atoms with Crippen molar-refractivity contribution in [1.29, 1.82) is 5.41 Å². The number of amides is 1. The van der Waals surface area contributed by atoms with Crippen LogP contribution in [0.1, 0.15) is 18.1 Å². The van der Waals surface area contributed by atoms with Crippen molar-refractivity contribution < 1.29 is 4.79 Å². The van der Waals surface area contributed by atoms with Crippen molar-refractivity contribution in [3.05, 3.63) is 120 Å². The first-order valence-electron chi connectivity index (χ1n) is 11.9. The molecule has 1 amide bonds. The molecule has 0 spiro atoms. The number of hydrogen-bond acceptors (Lipinski definition) is 3. The van der Waals surface area contributed by atoms with Gasteiger partial charge in [0, 0.05) is 5.71 Å². The lowest BCUT2D eigenvalue weighted by Crippen LogP contribution is -2.49. The quantitative estimate of drug-likeness (QED) is 0.281. The number of nitrogens with one attached hydrogen (secondary N) is 2. The highest BCUT2D eigenvalue weighted by Gasteiger charge is 2.20. The lowest BCUT2D eigenvalue weighted by molar-refractivity contribution is -0.122. The predicted molar refractivity (Wildman–Crippen MR) is 144 cm³/mol. The fraction of sp³-hybridized carbons (Fsp3) is 0.161. The van der Waals surface area contributed by atoms with Crippen LogP contribution in [0.25, 0.3) is 22.3 Å². The molecule has 4 N–H and O–H groups in total. The van der Waals surface area contributed by atoms with Gasteiger partial charge in [-0.15, -0.1) is 0 Å². The molecule has 35 heavy (non-hydrogen) atoms. The Labute approximate surface area is 207 Å². The van der Waals surface area contributed by atoms with E-state index < -0.39 is 12.1 Å². The number of nitrogens with two attached hydrogens (primary N) is 1. The maximum Gasteiger partial charge on any atom is 0.237 e. The zero-order chi connectivity index (χ0) is 24.6. The summed E-state index contributed by atoms with van der Waals surface area (Å²) < 4.78 is 0. The summed E-state index contributed by atoms with van der Waals surface area (Å²) in [6.45, 7) is 1.72. The van der Waals surface area contributed by atoms with E-state index in [-0.39, 0.29) is 5.91 Å². The number of carbonyl (C=O) groups excluding carboxylic acids is 1. The summed E-state index contributed by atoms with van der Waals surface area (Å²) in [4.78, 5) is 12.8. The van der Waals surface area contributed by atoms with E-state index in [9.17, 15) is 4.79 Å². The molecular weight excluding hydrogens is 430 g/mol. The second kappa shape index (κ2) is 11.4. The topological polar surface area (TPSA) is 79.0 Å². The Hall–Kier alpha value is -4.02. The third-order valence-electron chi connectivity index (χ3n) is 6.19. The van der Waals surface area contributed by atoms with Crippen LogP contribution < -0.4 is 11.1 Å². The molecule has 176 valence electrons. The molecule has 4 rings (SSSR count). The van der Waals surface area contributed by atoms with E-state index in [1.54, 1.807) is 6.92 Å². The molecule has 2 atom stereocenters. The van der Waals surface area contributed by atoms with Crippen LogP contribution in [0.15, 0.2) is 109 Å². The van der Waals surface area contributed by atoms with Crippen molar-refractivity contribution in [3.63, 3.8) is 0 Å². The normalized spacial score (nSPS) is 12.5. The van der Waals surface area contributed by atoms with E-state index in [1.807, 2.05) is 48.5 Å². The van der Waals surface area contributed by atoms with E-state index in [0.717, 1.165) is 33.4 Å². The van der Waals surface area contributed by atoms with Crippen LogP contribution in [0.2, 0.25) is 0 Å². The van der Waals surface area contributed by atoms with E-state index in [1.165, 1.54) is 0 Å². The standard InChI is InChI=1S/C31H31N3O/c1-22(32)30(21-24-14-18-28(19-15-24)26-10-6-3-7-11-26)34-31(35)29(33)20-23-12-16-27(17-13-23)25-8-4-2-5-9-25/h2-19,29-30,32H,20-21,33H2,1H3,(H,34,35). The van der Waals surface area contributed by atoms with Gasteiger partial charge in [0.1, 0.15) is 0 Å². The van der Waals surface area contributed by atoms with Crippen molar-refractivity contribution >= 4 is 11.6 Å². The molecule has 0 heterocycles. The largest absolute Gasteiger partial charge is 0.346 e. The Bertz CT molecular complexity index is 1250. The summed E-state index contributed by atoms with van der Waals surface area (Å²) in [5, 5.41) is 11.2. The van der Waals surface area contributed by atoms with Crippen molar-refractivity contribution in [2.45, 2.75) is 31.8 Å². The van der Waals surface area contributed by atoms with Gasteiger partial charge in [-0.1, -0.05) is 109 Å².